The van der Waals surface area contributed by atoms with Crippen molar-refractivity contribution in [3.63, 3.8) is 0 Å². The number of halogens is 1. The van der Waals surface area contributed by atoms with E-state index in [1.807, 2.05) is 6.08 Å². The molecule has 0 aromatic rings. The molecular weight excluding hydrogens is 263 g/mol. The summed E-state index contributed by atoms with van der Waals surface area (Å²) >= 11 is 2.29. The fourth-order valence-electron chi connectivity index (χ4n) is 1.00. The van der Waals surface area contributed by atoms with Crippen molar-refractivity contribution in [3.8, 4) is 0 Å². The van der Waals surface area contributed by atoms with E-state index in [-0.39, 0.29) is 0 Å². The van der Waals surface area contributed by atoms with E-state index in [0.717, 1.165) is 12.1 Å². The molecule has 1 atom stereocenters. The Labute approximate surface area is 86.7 Å². The maximum absolute atomic E-state index is 5.34. The Morgan fingerprint density at radius 1 is 1.67 bits per heavy atom. The molecule has 0 saturated carbocycles. The van der Waals surface area contributed by atoms with Gasteiger partial charge in [-0.2, -0.15) is 0 Å². The van der Waals surface area contributed by atoms with Gasteiger partial charge in [0, 0.05) is 9.28 Å². The van der Waals surface area contributed by atoms with Crippen molar-refractivity contribution < 1.29 is 0 Å². The predicted molar refractivity (Wildman–Crippen MR) is 60.4 cm³/mol. The van der Waals surface area contributed by atoms with Crippen LogP contribution in [-0.4, -0.2) is 0 Å². The summed E-state index contributed by atoms with van der Waals surface area (Å²) in [4.78, 5) is 0. The summed E-state index contributed by atoms with van der Waals surface area (Å²) in [7, 11) is 0. The molecule has 0 aromatic heterocycles. The first-order valence-electron chi connectivity index (χ1n) is 3.94. The zero-order valence-electron chi connectivity index (χ0n) is 7.05. The SMILES string of the molecule is CC1\C=C/C(I)=C\C(NN)=C\C1. The van der Waals surface area contributed by atoms with Gasteiger partial charge in [-0.05, 0) is 41.0 Å². The van der Waals surface area contributed by atoms with E-state index in [1.165, 1.54) is 3.58 Å². The van der Waals surface area contributed by atoms with Gasteiger partial charge >= 0.3 is 0 Å². The van der Waals surface area contributed by atoms with Crippen LogP contribution in [0.2, 0.25) is 0 Å². The summed E-state index contributed by atoms with van der Waals surface area (Å²) in [6.07, 6.45) is 9.52. The molecule has 0 fully saturated rings. The Morgan fingerprint density at radius 2 is 2.42 bits per heavy atom. The first kappa shape index (κ1) is 9.80. The summed E-state index contributed by atoms with van der Waals surface area (Å²) in [5, 5.41) is 0. The maximum atomic E-state index is 5.34. The van der Waals surface area contributed by atoms with Crippen LogP contribution in [-0.2, 0) is 0 Å². The third-order valence-corrected chi connectivity index (χ3v) is 2.42. The van der Waals surface area contributed by atoms with Gasteiger partial charge in [0.1, 0.15) is 0 Å². The standard InChI is InChI=1S/C9H13IN2/c1-7-2-4-8(10)6-9(12-11)5-3-7/h2,4-7,12H,3,11H2,1H3/b4-2-,8-6+,9-5-. The van der Waals surface area contributed by atoms with E-state index in [1.54, 1.807) is 0 Å². The minimum atomic E-state index is 0.590. The van der Waals surface area contributed by atoms with Crippen LogP contribution in [0.1, 0.15) is 13.3 Å². The van der Waals surface area contributed by atoms with E-state index < -0.39 is 0 Å². The number of nitrogens with one attached hydrogen (secondary N) is 1. The van der Waals surface area contributed by atoms with E-state index in [0.29, 0.717) is 5.92 Å². The van der Waals surface area contributed by atoms with Gasteiger partial charge in [0.2, 0.25) is 0 Å². The summed E-state index contributed by atoms with van der Waals surface area (Å²) in [5.41, 5.74) is 3.66. The summed E-state index contributed by atoms with van der Waals surface area (Å²) < 4.78 is 1.20. The second kappa shape index (κ2) is 4.67. The van der Waals surface area contributed by atoms with Crippen molar-refractivity contribution in [3.05, 3.63) is 33.6 Å². The molecule has 0 aliphatic heterocycles. The molecule has 1 aliphatic carbocycles. The summed E-state index contributed by atoms with van der Waals surface area (Å²) in [6, 6.07) is 0. The van der Waals surface area contributed by atoms with Crippen LogP contribution in [0.4, 0.5) is 0 Å². The molecule has 66 valence electrons. The largest absolute Gasteiger partial charge is 0.324 e. The van der Waals surface area contributed by atoms with Gasteiger partial charge in [-0.25, -0.2) is 0 Å². The second-order valence-electron chi connectivity index (χ2n) is 2.91. The highest BCUT2D eigenvalue weighted by Gasteiger charge is 1.99. The molecule has 0 bridgehead atoms. The Morgan fingerprint density at radius 3 is 3.08 bits per heavy atom. The molecule has 3 heteroatoms. The third-order valence-electron chi connectivity index (χ3n) is 1.75. The number of hydrazine groups is 1. The average Bonchev–Trinajstić information content (AvgIpc) is 2.06. The first-order valence-corrected chi connectivity index (χ1v) is 5.02. The van der Waals surface area contributed by atoms with Gasteiger partial charge < -0.3 is 5.43 Å². The maximum Gasteiger partial charge on any atom is 0.0455 e. The molecule has 0 aromatic carbocycles. The highest BCUT2D eigenvalue weighted by atomic mass is 127. The van der Waals surface area contributed by atoms with Crippen LogP contribution in [0, 0.1) is 5.92 Å². The van der Waals surface area contributed by atoms with E-state index in [4.69, 9.17) is 5.84 Å². The van der Waals surface area contributed by atoms with E-state index in [9.17, 15) is 0 Å². The van der Waals surface area contributed by atoms with Crippen LogP contribution >= 0.6 is 22.6 Å². The first-order chi connectivity index (χ1) is 5.72. The number of nitrogens with two attached hydrogens (primary N) is 1. The number of hydrogen-bond donors (Lipinski definition) is 2. The molecule has 0 heterocycles. The van der Waals surface area contributed by atoms with Gasteiger partial charge in [-0.3, -0.25) is 5.84 Å². The van der Waals surface area contributed by atoms with E-state index >= 15 is 0 Å². The van der Waals surface area contributed by atoms with Gasteiger partial charge in [-0.15, -0.1) is 0 Å². The molecule has 0 radical (unpaired) electrons. The van der Waals surface area contributed by atoms with Crippen molar-refractivity contribution in [2.75, 3.05) is 0 Å². The fourth-order valence-corrected chi connectivity index (χ4v) is 1.55. The molecule has 2 nitrogen and oxygen atoms in total. The lowest BCUT2D eigenvalue weighted by atomic mass is 10.0. The van der Waals surface area contributed by atoms with Crippen LogP contribution in [0.25, 0.3) is 0 Å². The molecule has 12 heavy (non-hydrogen) atoms. The molecule has 0 saturated heterocycles. The van der Waals surface area contributed by atoms with Crippen LogP contribution < -0.4 is 11.3 Å². The highest BCUT2D eigenvalue weighted by Crippen LogP contribution is 2.17. The van der Waals surface area contributed by atoms with Crippen LogP contribution in [0.3, 0.4) is 0 Å². The topological polar surface area (TPSA) is 38.0 Å². The summed E-state index contributed by atoms with van der Waals surface area (Å²) in [6.45, 7) is 2.19. The molecule has 3 N–H and O–H groups in total. The van der Waals surface area contributed by atoms with Crippen LogP contribution in [0.15, 0.2) is 33.6 Å². The smallest absolute Gasteiger partial charge is 0.0455 e. The lowest BCUT2D eigenvalue weighted by Gasteiger charge is -2.08. The number of hydrogen-bond acceptors (Lipinski definition) is 2. The fraction of sp³-hybridized carbons (Fsp3) is 0.333. The second-order valence-corrected chi connectivity index (χ2v) is 4.15. The predicted octanol–water partition coefficient (Wildman–Crippen LogP) is 2.25. The zero-order valence-corrected chi connectivity index (χ0v) is 9.21. The van der Waals surface area contributed by atoms with Crippen LogP contribution in [0.5, 0.6) is 0 Å². The number of allylic oxidation sites excluding steroid dienone is 5. The molecule has 1 rings (SSSR count). The highest BCUT2D eigenvalue weighted by molar-refractivity contribution is 14.1. The molecular formula is C9H13IN2. The van der Waals surface area contributed by atoms with E-state index in [2.05, 4.69) is 53.2 Å². The normalized spacial score (nSPS) is 35.1. The lowest BCUT2D eigenvalue weighted by Crippen LogP contribution is -2.20. The Kier molecular flexibility index (Phi) is 3.81. The Hall–Kier alpha value is -0.290. The minimum absolute atomic E-state index is 0.590. The monoisotopic (exact) mass is 276 g/mol. The van der Waals surface area contributed by atoms with Crippen molar-refractivity contribution in [2.24, 2.45) is 11.8 Å². The number of rotatable bonds is 1. The van der Waals surface area contributed by atoms with Gasteiger partial charge in [-0.1, -0.05) is 25.2 Å². The zero-order chi connectivity index (χ0) is 8.97. The third kappa shape index (κ3) is 2.98. The summed E-state index contributed by atoms with van der Waals surface area (Å²) in [5.74, 6) is 5.93. The Bertz CT molecular complexity index is 241. The molecule has 0 spiro atoms. The van der Waals surface area contributed by atoms with Crippen molar-refractivity contribution in [2.45, 2.75) is 13.3 Å². The quantitative estimate of drug-likeness (QED) is 0.438. The van der Waals surface area contributed by atoms with Gasteiger partial charge in [0.05, 0.1) is 0 Å². The average molecular weight is 276 g/mol. The van der Waals surface area contributed by atoms with Crippen molar-refractivity contribution in [1.82, 2.24) is 5.43 Å². The van der Waals surface area contributed by atoms with Gasteiger partial charge in [0.15, 0.2) is 0 Å². The molecule has 1 aliphatic rings. The lowest BCUT2D eigenvalue weighted by molar-refractivity contribution is 0.732. The molecule has 1 unspecified atom stereocenters. The minimum Gasteiger partial charge on any atom is -0.324 e. The Balaban J connectivity index is 2.84. The van der Waals surface area contributed by atoms with Gasteiger partial charge in [0.25, 0.3) is 0 Å². The van der Waals surface area contributed by atoms with Crippen molar-refractivity contribution >= 4 is 22.6 Å². The van der Waals surface area contributed by atoms with Crippen molar-refractivity contribution in [1.29, 1.82) is 0 Å². The molecule has 0 amide bonds.